The third kappa shape index (κ3) is 8.62. The number of anilines is 1. The average Bonchev–Trinajstić information content (AvgIpc) is 3.35. The first kappa shape index (κ1) is 45.9. The molecule has 9 rings (SSSR count). The van der Waals surface area contributed by atoms with E-state index in [2.05, 4.69) is 0 Å². The van der Waals surface area contributed by atoms with Gasteiger partial charge < -0.3 is 69.4 Å². The van der Waals surface area contributed by atoms with Crippen LogP contribution in [-0.2, 0) is 31.2 Å². The van der Waals surface area contributed by atoms with Gasteiger partial charge in [0.2, 0.25) is 12.2 Å². The molecule has 4 aliphatic rings. The number of rotatable bonds is 13. The molecule has 3 heterocycles. The van der Waals surface area contributed by atoms with Crippen LogP contribution in [-0.4, -0.2) is 121 Å². The number of hydrogen-bond donors (Lipinski definition) is 8. The molecular weight excluding hydrogens is 851 g/mol. The van der Waals surface area contributed by atoms with Crippen molar-refractivity contribution in [1.82, 2.24) is 0 Å². The second-order valence-corrected chi connectivity index (χ2v) is 17.6. The van der Waals surface area contributed by atoms with E-state index in [-0.39, 0.29) is 18.3 Å². The van der Waals surface area contributed by atoms with Crippen LogP contribution in [0.1, 0.15) is 48.4 Å². The number of ether oxygens (including phenoxy) is 5. The van der Waals surface area contributed by atoms with Crippen molar-refractivity contribution in [2.24, 2.45) is 5.41 Å². The minimum Gasteiger partial charge on any atom is -0.489 e. The molecule has 5 aromatic rings. The summed E-state index contributed by atoms with van der Waals surface area (Å²) in [7, 11) is 0. The Morgan fingerprint density at radius 2 is 1.24 bits per heavy atom. The van der Waals surface area contributed by atoms with E-state index < -0.39 is 91.7 Å². The summed E-state index contributed by atoms with van der Waals surface area (Å²) in [5, 5.41) is 85.1. The van der Waals surface area contributed by atoms with Crippen molar-refractivity contribution in [3.63, 3.8) is 0 Å². The predicted octanol–water partition coefficient (Wildman–Crippen LogP) is 3.47. The van der Waals surface area contributed by atoms with Gasteiger partial charge in [0.25, 0.3) is 0 Å². The zero-order valence-corrected chi connectivity index (χ0v) is 36.0. The van der Waals surface area contributed by atoms with E-state index in [0.29, 0.717) is 37.0 Å². The van der Waals surface area contributed by atoms with Gasteiger partial charge in [-0.15, -0.1) is 0 Å². The Balaban J connectivity index is 0.994. The maximum Gasteiger partial charge on any atom is 0.236 e. The lowest BCUT2D eigenvalue weighted by molar-refractivity contribution is -0.352. The fourth-order valence-electron chi connectivity index (χ4n) is 9.92. The third-order valence-electron chi connectivity index (χ3n) is 13.7. The van der Waals surface area contributed by atoms with Gasteiger partial charge in [-0.3, -0.25) is 4.79 Å². The zero-order chi connectivity index (χ0) is 46.2. The minimum atomic E-state index is -1.80. The lowest BCUT2D eigenvalue weighted by Gasteiger charge is -2.59. The maximum atomic E-state index is 14.6. The molecule has 1 amide bonds. The summed E-state index contributed by atoms with van der Waals surface area (Å²) in [5.41, 5.74) is 2.94. The van der Waals surface area contributed by atoms with Gasteiger partial charge in [0.1, 0.15) is 66.9 Å². The summed E-state index contributed by atoms with van der Waals surface area (Å²) in [4.78, 5) is 16.4. The van der Waals surface area contributed by atoms with Gasteiger partial charge in [-0.05, 0) is 78.3 Å². The van der Waals surface area contributed by atoms with Crippen molar-refractivity contribution in [3.05, 3.63) is 150 Å². The Morgan fingerprint density at radius 1 is 0.621 bits per heavy atom. The summed E-state index contributed by atoms with van der Waals surface area (Å²) in [6.07, 6.45) is -14.2. The molecule has 5 aromatic carbocycles. The van der Waals surface area contributed by atoms with Gasteiger partial charge in [0.15, 0.2) is 6.29 Å². The van der Waals surface area contributed by atoms with Gasteiger partial charge in [-0.25, -0.2) is 0 Å². The molecule has 348 valence electrons. The van der Waals surface area contributed by atoms with Crippen molar-refractivity contribution < 1.29 is 69.3 Å². The predicted molar refractivity (Wildman–Crippen MR) is 238 cm³/mol. The van der Waals surface area contributed by atoms with E-state index in [4.69, 9.17) is 23.7 Å². The number of nitrogens with zero attached hydrogens (tertiary/aromatic N) is 1. The summed E-state index contributed by atoms with van der Waals surface area (Å²) < 4.78 is 29.8. The number of carbonyl (C=O) groups excluding carboxylic acids is 1. The van der Waals surface area contributed by atoms with Crippen LogP contribution in [0.25, 0.3) is 11.1 Å². The van der Waals surface area contributed by atoms with Crippen molar-refractivity contribution in [1.29, 1.82) is 0 Å². The smallest absolute Gasteiger partial charge is 0.236 e. The van der Waals surface area contributed by atoms with Gasteiger partial charge in [-0.1, -0.05) is 103 Å². The summed E-state index contributed by atoms with van der Waals surface area (Å²) >= 11 is 0. The number of β-lactam (4-membered cyclic amide) rings is 1. The maximum absolute atomic E-state index is 14.6. The molecule has 4 fully saturated rings. The Kier molecular flexibility index (Phi) is 13.3. The number of hydrogen-bond acceptors (Lipinski definition) is 14. The minimum absolute atomic E-state index is 0.00388. The molecule has 11 atom stereocenters. The second kappa shape index (κ2) is 19.1. The molecule has 1 saturated carbocycles. The largest absolute Gasteiger partial charge is 0.489 e. The Labute approximate surface area is 381 Å². The highest BCUT2D eigenvalue weighted by Gasteiger charge is 2.64. The quantitative estimate of drug-likeness (QED) is 0.0793. The Morgan fingerprint density at radius 3 is 1.92 bits per heavy atom. The molecule has 15 heteroatoms. The number of aliphatic hydroxyl groups is 8. The van der Waals surface area contributed by atoms with E-state index >= 15 is 0 Å². The molecular formula is C51H55NO14. The molecule has 0 radical (unpaired) electrons. The third-order valence-corrected chi connectivity index (χ3v) is 13.7. The molecule has 15 nitrogen and oxygen atoms in total. The van der Waals surface area contributed by atoms with E-state index in [1.54, 1.807) is 18.2 Å². The van der Waals surface area contributed by atoms with Crippen molar-refractivity contribution in [3.8, 4) is 22.6 Å². The van der Waals surface area contributed by atoms with Crippen LogP contribution in [0.3, 0.4) is 0 Å². The van der Waals surface area contributed by atoms with E-state index in [1.165, 1.54) is 0 Å². The fourth-order valence-corrected chi connectivity index (χ4v) is 9.92. The lowest BCUT2D eigenvalue weighted by atomic mass is 9.56. The number of benzene rings is 5. The molecule has 3 aliphatic heterocycles. The molecule has 1 aliphatic carbocycles. The van der Waals surface area contributed by atoms with Crippen LogP contribution in [0, 0.1) is 5.41 Å². The normalized spacial score (nSPS) is 33.3. The van der Waals surface area contributed by atoms with Crippen molar-refractivity contribution in [2.45, 2.75) is 105 Å². The summed E-state index contributed by atoms with van der Waals surface area (Å²) in [5.74, 6) is 0.815. The standard InChI is InChI=1S/C51H55NO14/c53-27-38-40(55)41(56)43(58)48(64-38)66-45-39(28-54)65-47(44(59)42(45)57)63-35-18-10-13-31(25-35)32-19-20-36(37(26-32)62-29-30-11-4-1-5-12-30)46-50(49(60)52(46)34-16-8-3-9-17-34)21-23-51(61,24-22-50)33-14-6-2-7-15-33/h1-20,25-26,38-48,53-59,61H,21-24,27-29H2/t38?,39?,40-,41?,42?,43-,44-,45-,46-,47?,48?,50?,51?/m1/s1. The lowest BCUT2D eigenvalue weighted by Crippen LogP contribution is -2.65. The first-order chi connectivity index (χ1) is 31.9. The van der Waals surface area contributed by atoms with E-state index in [0.717, 1.165) is 27.9 Å². The van der Waals surface area contributed by atoms with Crippen LogP contribution in [0.5, 0.6) is 11.5 Å². The summed E-state index contributed by atoms with van der Waals surface area (Å²) in [6.45, 7) is -1.18. The Hall–Kier alpha value is -5.27. The molecule has 0 bridgehead atoms. The molecule has 6 unspecified atom stereocenters. The van der Waals surface area contributed by atoms with E-state index in [9.17, 15) is 45.6 Å². The Bertz CT molecular complexity index is 2410. The summed E-state index contributed by atoms with van der Waals surface area (Å²) in [6, 6.07) is 41.4. The van der Waals surface area contributed by atoms with Gasteiger partial charge >= 0.3 is 0 Å². The first-order valence-electron chi connectivity index (χ1n) is 22.3. The highest BCUT2D eigenvalue weighted by atomic mass is 16.7. The van der Waals surface area contributed by atoms with Gasteiger partial charge in [-0.2, -0.15) is 0 Å². The second-order valence-electron chi connectivity index (χ2n) is 17.6. The SMILES string of the molecule is O=C1N(c2ccccc2)[C@H](c2ccc(-c3cccc(OC4OC(CO)[C@@H](OC5OC(CO)[C@@H](O)C(O)[C@H]5O)C(O)[C@H]4O)c3)cc2OCc2ccccc2)C12CCC(O)(c1ccccc1)CC2. The van der Waals surface area contributed by atoms with Crippen molar-refractivity contribution >= 4 is 11.6 Å². The highest BCUT2D eigenvalue weighted by molar-refractivity contribution is 6.06. The molecule has 0 aromatic heterocycles. The zero-order valence-electron chi connectivity index (χ0n) is 36.0. The highest BCUT2D eigenvalue weighted by Crippen LogP contribution is 2.62. The molecule has 3 saturated heterocycles. The van der Waals surface area contributed by atoms with Crippen LogP contribution >= 0.6 is 0 Å². The molecule has 1 spiro atoms. The molecule has 66 heavy (non-hydrogen) atoms. The van der Waals surface area contributed by atoms with E-state index in [1.807, 2.05) is 120 Å². The molecule has 8 N–H and O–H groups in total. The van der Waals surface area contributed by atoms with Crippen LogP contribution in [0.15, 0.2) is 133 Å². The topological polar surface area (TPSA) is 228 Å². The first-order valence-corrected chi connectivity index (χ1v) is 22.3. The van der Waals surface area contributed by atoms with Gasteiger partial charge in [0.05, 0.1) is 30.3 Å². The number of carbonyl (C=O) groups is 1. The average molecular weight is 906 g/mol. The number of aliphatic hydroxyl groups excluding tert-OH is 7. The van der Waals surface area contributed by atoms with Crippen LogP contribution < -0.4 is 14.4 Å². The number of amides is 1. The monoisotopic (exact) mass is 905 g/mol. The van der Waals surface area contributed by atoms with Crippen molar-refractivity contribution in [2.75, 3.05) is 18.1 Å². The van der Waals surface area contributed by atoms with Crippen LogP contribution in [0.2, 0.25) is 0 Å². The number of para-hydroxylation sites is 1. The fraction of sp³-hybridized carbons (Fsp3) is 0.392. The van der Waals surface area contributed by atoms with Gasteiger partial charge in [0, 0.05) is 11.3 Å². The van der Waals surface area contributed by atoms with Crippen LogP contribution in [0.4, 0.5) is 5.69 Å².